The molecule has 0 aromatic heterocycles. The Morgan fingerprint density at radius 3 is 2.65 bits per heavy atom. The Hall–Kier alpha value is -0.960. The van der Waals surface area contributed by atoms with E-state index < -0.39 is 0 Å². The van der Waals surface area contributed by atoms with Crippen LogP contribution < -0.4 is 0 Å². The average Bonchev–Trinajstić information content (AvgIpc) is 2.79. The van der Waals surface area contributed by atoms with Crippen LogP contribution in [0, 0.1) is 12.8 Å². The molecule has 1 saturated carbocycles. The van der Waals surface area contributed by atoms with Gasteiger partial charge in [0, 0.05) is 10.1 Å². The fourth-order valence-electron chi connectivity index (χ4n) is 2.28. The summed E-state index contributed by atoms with van der Waals surface area (Å²) in [4.78, 5) is 12.9. The molecule has 1 aromatic carbocycles. The van der Waals surface area contributed by atoms with Crippen LogP contribution in [0.25, 0.3) is 0 Å². The molecule has 0 saturated heterocycles. The summed E-state index contributed by atoms with van der Waals surface area (Å²) in [5.41, 5.74) is 1.27. The Balaban J connectivity index is 2.02. The van der Waals surface area contributed by atoms with Crippen LogP contribution in [0.1, 0.15) is 24.8 Å². The van der Waals surface area contributed by atoms with Crippen molar-refractivity contribution >= 4 is 17.7 Å². The van der Waals surface area contributed by atoms with Gasteiger partial charge in [-0.1, -0.05) is 24.1 Å². The SMILES string of the molecule is COC(=O)C1CCCC1Sc1ccc(C)cc1. The van der Waals surface area contributed by atoms with Crippen molar-refractivity contribution in [3.05, 3.63) is 29.8 Å². The number of benzene rings is 1. The van der Waals surface area contributed by atoms with Crippen molar-refractivity contribution in [1.82, 2.24) is 0 Å². The van der Waals surface area contributed by atoms with Crippen LogP contribution in [0.5, 0.6) is 0 Å². The van der Waals surface area contributed by atoms with Crippen LogP contribution in [0.15, 0.2) is 29.2 Å². The highest BCUT2D eigenvalue weighted by Gasteiger charge is 2.34. The molecule has 0 heterocycles. The standard InChI is InChI=1S/C14H18O2S/c1-10-6-8-11(9-7-10)17-13-5-3-4-12(13)14(15)16-2/h6-9,12-13H,3-5H2,1-2H3. The predicted octanol–water partition coefficient (Wildman–Crippen LogP) is 3.43. The summed E-state index contributed by atoms with van der Waals surface area (Å²) in [6, 6.07) is 8.49. The van der Waals surface area contributed by atoms with Crippen molar-refractivity contribution in [2.24, 2.45) is 5.92 Å². The molecule has 2 rings (SSSR count). The molecular formula is C14H18O2S. The van der Waals surface area contributed by atoms with Crippen LogP contribution in [-0.2, 0) is 9.53 Å². The summed E-state index contributed by atoms with van der Waals surface area (Å²) in [7, 11) is 1.48. The molecule has 1 fully saturated rings. The number of carbonyl (C=O) groups is 1. The summed E-state index contributed by atoms with van der Waals surface area (Å²) in [5, 5.41) is 0.380. The van der Waals surface area contributed by atoms with Crippen molar-refractivity contribution in [2.75, 3.05) is 7.11 Å². The first-order chi connectivity index (χ1) is 8.20. The molecule has 1 aliphatic rings. The second-order valence-electron chi connectivity index (χ2n) is 4.53. The Labute approximate surface area is 107 Å². The van der Waals surface area contributed by atoms with Crippen molar-refractivity contribution < 1.29 is 9.53 Å². The molecule has 0 aliphatic heterocycles. The minimum absolute atomic E-state index is 0.0490. The van der Waals surface area contributed by atoms with Gasteiger partial charge in [0.2, 0.25) is 0 Å². The number of esters is 1. The number of methoxy groups -OCH3 is 1. The molecule has 0 radical (unpaired) electrons. The summed E-state index contributed by atoms with van der Waals surface area (Å²) in [6.07, 6.45) is 3.21. The molecular weight excluding hydrogens is 232 g/mol. The third-order valence-corrected chi connectivity index (χ3v) is 4.68. The lowest BCUT2D eigenvalue weighted by atomic mass is 10.1. The Morgan fingerprint density at radius 2 is 2.00 bits per heavy atom. The maximum absolute atomic E-state index is 11.6. The quantitative estimate of drug-likeness (QED) is 0.769. The van der Waals surface area contributed by atoms with E-state index in [0.717, 1.165) is 19.3 Å². The van der Waals surface area contributed by atoms with Gasteiger partial charge in [-0.25, -0.2) is 0 Å². The second kappa shape index (κ2) is 5.58. The zero-order valence-corrected chi connectivity index (χ0v) is 11.1. The number of carbonyl (C=O) groups excluding carboxylic acids is 1. The minimum atomic E-state index is -0.0490. The zero-order valence-electron chi connectivity index (χ0n) is 10.3. The van der Waals surface area contributed by atoms with Crippen molar-refractivity contribution in [3.8, 4) is 0 Å². The van der Waals surface area contributed by atoms with Crippen LogP contribution in [0.2, 0.25) is 0 Å². The van der Waals surface area contributed by atoms with E-state index in [2.05, 4.69) is 31.2 Å². The average molecular weight is 250 g/mol. The van der Waals surface area contributed by atoms with Crippen LogP contribution in [-0.4, -0.2) is 18.3 Å². The van der Waals surface area contributed by atoms with E-state index >= 15 is 0 Å². The lowest BCUT2D eigenvalue weighted by Crippen LogP contribution is -2.21. The van der Waals surface area contributed by atoms with Crippen molar-refractivity contribution in [1.29, 1.82) is 0 Å². The first-order valence-electron chi connectivity index (χ1n) is 6.02. The summed E-state index contributed by atoms with van der Waals surface area (Å²) in [5.74, 6) is 0.0263. The van der Waals surface area contributed by atoms with E-state index in [-0.39, 0.29) is 11.9 Å². The lowest BCUT2D eigenvalue weighted by Gasteiger charge is -2.16. The topological polar surface area (TPSA) is 26.3 Å². The highest BCUT2D eigenvalue weighted by atomic mass is 32.2. The van der Waals surface area contributed by atoms with E-state index in [9.17, 15) is 4.79 Å². The number of aryl methyl sites for hydroxylation is 1. The van der Waals surface area contributed by atoms with Gasteiger partial charge >= 0.3 is 5.97 Å². The van der Waals surface area contributed by atoms with Crippen LogP contribution in [0.3, 0.4) is 0 Å². The molecule has 0 spiro atoms. The van der Waals surface area contributed by atoms with Gasteiger partial charge in [-0.15, -0.1) is 11.8 Å². The van der Waals surface area contributed by atoms with Gasteiger partial charge in [0.1, 0.15) is 0 Å². The molecule has 1 aromatic rings. The van der Waals surface area contributed by atoms with E-state index in [1.807, 2.05) is 11.8 Å². The maximum atomic E-state index is 11.6. The maximum Gasteiger partial charge on any atom is 0.309 e. The van der Waals surface area contributed by atoms with Gasteiger partial charge in [0.25, 0.3) is 0 Å². The molecule has 0 N–H and O–H groups in total. The summed E-state index contributed by atoms with van der Waals surface area (Å²) in [6.45, 7) is 2.08. The molecule has 92 valence electrons. The van der Waals surface area contributed by atoms with Gasteiger partial charge in [-0.2, -0.15) is 0 Å². The highest BCUT2D eigenvalue weighted by Crippen LogP contribution is 2.39. The first-order valence-corrected chi connectivity index (χ1v) is 6.90. The van der Waals surface area contributed by atoms with E-state index in [1.165, 1.54) is 17.6 Å². The van der Waals surface area contributed by atoms with Crippen LogP contribution >= 0.6 is 11.8 Å². The predicted molar refractivity (Wildman–Crippen MR) is 70.2 cm³/mol. The number of ether oxygens (including phenoxy) is 1. The third-order valence-electron chi connectivity index (χ3n) is 3.26. The van der Waals surface area contributed by atoms with E-state index in [0.29, 0.717) is 5.25 Å². The molecule has 2 unspecified atom stereocenters. The minimum Gasteiger partial charge on any atom is -0.469 e. The number of thioether (sulfide) groups is 1. The smallest absolute Gasteiger partial charge is 0.309 e. The molecule has 17 heavy (non-hydrogen) atoms. The summed E-state index contributed by atoms with van der Waals surface area (Å²) < 4.78 is 4.87. The number of rotatable bonds is 3. The molecule has 0 bridgehead atoms. The first kappa shape index (κ1) is 12.5. The van der Waals surface area contributed by atoms with Crippen molar-refractivity contribution in [3.63, 3.8) is 0 Å². The highest BCUT2D eigenvalue weighted by molar-refractivity contribution is 8.00. The molecule has 1 aliphatic carbocycles. The Bertz CT molecular complexity index is 386. The fraction of sp³-hybridized carbons (Fsp3) is 0.500. The number of hydrogen-bond acceptors (Lipinski definition) is 3. The number of hydrogen-bond donors (Lipinski definition) is 0. The van der Waals surface area contributed by atoms with E-state index in [4.69, 9.17) is 4.74 Å². The van der Waals surface area contributed by atoms with Crippen LogP contribution in [0.4, 0.5) is 0 Å². The van der Waals surface area contributed by atoms with Crippen molar-refractivity contribution in [2.45, 2.75) is 36.3 Å². The van der Waals surface area contributed by atoms with Gasteiger partial charge in [-0.05, 0) is 31.9 Å². The monoisotopic (exact) mass is 250 g/mol. The Kier molecular flexibility index (Phi) is 4.11. The fourth-order valence-corrected chi connectivity index (χ4v) is 3.62. The molecule has 0 amide bonds. The molecule has 2 atom stereocenters. The Morgan fingerprint density at radius 1 is 1.29 bits per heavy atom. The lowest BCUT2D eigenvalue weighted by molar-refractivity contribution is -0.144. The largest absolute Gasteiger partial charge is 0.469 e. The van der Waals surface area contributed by atoms with Gasteiger partial charge < -0.3 is 4.74 Å². The zero-order chi connectivity index (χ0) is 12.3. The van der Waals surface area contributed by atoms with Gasteiger partial charge in [0.15, 0.2) is 0 Å². The normalized spacial score (nSPS) is 23.6. The van der Waals surface area contributed by atoms with Gasteiger partial charge in [-0.3, -0.25) is 4.79 Å². The molecule has 3 heteroatoms. The van der Waals surface area contributed by atoms with E-state index in [1.54, 1.807) is 0 Å². The molecule has 2 nitrogen and oxygen atoms in total. The third kappa shape index (κ3) is 3.03. The second-order valence-corrected chi connectivity index (χ2v) is 5.84. The van der Waals surface area contributed by atoms with Gasteiger partial charge in [0.05, 0.1) is 13.0 Å². The summed E-state index contributed by atoms with van der Waals surface area (Å²) >= 11 is 1.81.